The van der Waals surface area contributed by atoms with Crippen LogP contribution in [0.1, 0.15) is 12.0 Å². The third-order valence-corrected chi connectivity index (χ3v) is 5.45. The molecule has 26 heavy (non-hydrogen) atoms. The number of ether oxygens (including phenoxy) is 1. The van der Waals surface area contributed by atoms with Gasteiger partial charge in [0.25, 0.3) is 0 Å². The molecule has 0 amide bonds. The van der Waals surface area contributed by atoms with Gasteiger partial charge in [-0.05, 0) is 73.4 Å². The van der Waals surface area contributed by atoms with Crippen molar-refractivity contribution in [3.63, 3.8) is 0 Å². The second kappa shape index (κ2) is 8.60. The topological polar surface area (TPSA) is 36.5 Å². The summed E-state index contributed by atoms with van der Waals surface area (Å²) in [5, 5.41) is 7.96. The van der Waals surface area contributed by atoms with E-state index in [1.807, 2.05) is 37.3 Å². The van der Waals surface area contributed by atoms with Crippen LogP contribution < -0.4 is 20.3 Å². The standard InChI is InChI=1S/C20H24ClN3OS/c1-14-18(21)4-3-5-19(14)23-20(26)22-12-15-10-11-24(13-15)16-6-8-17(25-2)9-7-16/h3-9,15H,10-13H2,1-2H3,(H2,22,23,26)/t15-/m0/s1. The van der Waals surface area contributed by atoms with Crippen molar-refractivity contribution in [2.45, 2.75) is 13.3 Å². The Bertz CT molecular complexity index is 766. The first-order chi connectivity index (χ1) is 12.6. The van der Waals surface area contributed by atoms with Gasteiger partial charge in [0.2, 0.25) is 0 Å². The Kier molecular flexibility index (Phi) is 6.22. The van der Waals surface area contributed by atoms with E-state index in [2.05, 4.69) is 27.7 Å². The van der Waals surface area contributed by atoms with Crippen LogP contribution in [0.2, 0.25) is 5.02 Å². The van der Waals surface area contributed by atoms with Gasteiger partial charge < -0.3 is 20.3 Å². The molecular weight excluding hydrogens is 366 g/mol. The monoisotopic (exact) mass is 389 g/mol. The Balaban J connectivity index is 1.48. The van der Waals surface area contributed by atoms with Crippen molar-refractivity contribution in [1.29, 1.82) is 0 Å². The van der Waals surface area contributed by atoms with Gasteiger partial charge in [0.05, 0.1) is 7.11 Å². The van der Waals surface area contributed by atoms with E-state index in [1.54, 1.807) is 7.11 Å². The number of nitrogens with one attached hydrogen (secondary N) is 2. The Morgan fingerprint density at radius 3 is 2.77 bits per heavy atom. The van der Waals surface area contributed by atoms with E-state index in [9.17, 15) is 0 Å². The van der Waals surface area contributed by atoms with Gasteiger partial charge in [0, 0.05) is 36.0 Å². The fraction of sp³-hybridized carbons (Fsp3) is 0.350. The predicted molar refractivity (Wildman–Crippen MR) is 114 cm³/mol. The molecule has 0 unspecified atom stereocenters. The van der Waals surface area contributed by atoms with Crippen molar-refractivity contribution in [2.24, 2.45) is 5.92 Å². The number of thiocarbonyl (C=S) groups is 1. The zero-order chi connectivity index (χ0) is 18.5. The minimum absolute atomic E-state index is 0.567. The van der Waals surface area contributed by atoms with Crippen LogP contribution in [0.25, 0.3) is 0 Å². The summed E-state index contributed by atoms with van der Waals surface area (Å²) in [5.74, 6) is 1.45. The maximum absolute atomic E-state index is 6.15. The lowest BCUT2D eigenvalue weighted by molar-refractivity contribution is 0.415. The minimum Gasteiger partial charge on any atom is -0.497 e. The SMILES string of the molecule is COc1ccc(N2CC[C@@H](CNC(=S)Nc3cccc(Cl)c3C)C2)cc1. The van der Waals surface area contributed by atoms with Crippen LogP contribution in [-0.2, 0) is 0 Å². The molecule has 4 nitrogen and oxygen atoms in total. The molecule has 0 aromatic heterocycles. The molecule has 2 N–H and O–H groups in total. The van der Waals surface area contributed by atoms with Crippen LogP contribution in [0.4, 0.5) is 11.4 Å². The average molecular weight is 390 g/mol. The highest BCUT2D eigenvalue weighted by Crippen LogP contribution is 2.26. The summed E-state index contributed by atoms with van der Waals surface area (Å²) < 4.78 is 5.22. The summed E-state index contributed by atoms with van der Waals surface area (Å²) in [7, 11) is 1.69. The molecule has 0 radical (unpaired) electrons. The van der Waals surface area contributed by atoms with Crippen molar-refractivity contribution < 1.29 is 4.74 Å². The molecule has 138 valence electrons. The number of benzene rings is 2. The smallest absolute Gasteiger partial charge is 0.170 e. The Labute approximate surface area is 165 Å². The van der Waals surface area contributed by atoms with E-state index in [1.165, 1.54) is 5.69 Å². The second-order valence-corrected chi connectivity index (χ2v) is 7.36. The summed E-state index contributed by atoms with van der Waals surface area (Å²) in [5.41, 5.74) is 3.19. The van der Waals surface area contributed by atoms with Gasteiger partial charge in [-0.25, -0.2) is 0 Å². The lowest BCUT2D eigenvalue weighted by atomic mass is 10.1. The maximum Gasteiger partial charge on any atom is 0.170 e. The highest BCUT2D eigenvalue weighted by atomic mass is 35.5. The summed E-state index contributed by atoms with van der Waals surface area (Å²) in [6.07, 6.45) is 1.15. The fourth-order valence-corrected chi connectivity index (χ4v) is 3.54. The van der Waals surface area contributed by atoms with Crippen molar-refractivity contribution in [3.05, 3.63) is 53.1 Å². The van der Waals surface area contributed by atoms with Crippen molar-refractivity contribution in [2.75, 3.05) is 37.0 Å². The largest absolute Gasteiger partial charge is 0.497 e. The molecule has 1 aliphatic rings. The Morgan fingerprint density at radius 1 is 1.27 bits per heavy atom. The molecule has 1 atom stereocenters. The molecule has 1 fully saturated rings. The number of nitrogens with zero attached hydrogens (tertiary/aromatic N) is 1. The summed E-state index contributed by atoms with van der Waals surface area (Å²) in [6, 6.07) is 14.0. The number of hydrogen-bond acceptors (Lipinski definition) is 3. The van der Waals surface area contributed by atoms with Crippen LogP contribution in [0, 0.1) is 12.8 Å². The van der Waals surface area contributed by atoms with Gasteiger partial charge in [0.1, 0.15) is 5.75 Å². The van der Waals surface area contributed by atoms with Crippen LogP contribution in [-0.4, -0.2) is 31.9 Å². The number of hydrogen-bond donors (Lipinski definition) is 2. The number of anilines is 2. The van der Waals surface area contributed by atoms with Crippen molar-refractivity contribution in [3.8, 4) is 5.75 Å². The Morgan fingerprint density at radius 2 is 2.04 bits per heavy atom. The molecule has 2 aromatic rings. The van der Waals surface area contributed by atoms with Crippen molar-refractivity contribution >= 4 is 40.3 Å². The normalized spacial score (nSPS) is 16.4. The highest BCUT2D eigenvalue weighted by molar-refractivity contribution is 7.80. The second-order valence-electron chi connectivity index (χ2n) is 6.55. The van der Waals surface area contributed by atoms with Gasteiger partial charge in [-0.3, -0.25) is 0 Å². The van der Waals surface area contributed by atoms with Gasteiger partial charge in [0.15, 0.2) is 5.11 Å². The van der Waals surface area contributed by atoms with E-state index < -0.39 is 0 Å². The third-order valence-electron chi connectivity index (χ3n) is 4.79. The predicted octanol–water partition coefficient (Wildman–Crippen LogP) is 4.47. The van der Waals surface area contributed by atoms with E-state index in [-0.39, 0.29) is 0 Å². The van der Waals surface area contributed by atoms with Gasteiger partial charge in [-0.2, -0.15) is 0 Å². The first-order valence-corrected chi connectivity index (χ1v) is 9.54. The molecule has 6 heteroatoms. The zero-order valence-electron chi connectivity index (χ0n) is 15.1. The summed E-state index contributed by atoms with van der Waals surface area (Å²) in [6.45, 7) is 4.93. The lowest BCUT2D eigenvalue weighted by Gasteiger charge is -2.20. The van der Waals surface area contributed by atoms with Crippen LogP contribution in [0.5, 0.6) is 5.75 Å². The molecule has 0 aliphatic carbocycles. The number of rotatable bonds is 5. The van der Waals surface area contributed by atoms with Crippen molar-refractivity contribution in [1.82, 2.24) is 5.32 Å². The Hall–Kier alpha value is -1.98. The first-order valence-electron chi connectivity index (χ1n) is 8.76. The van der Waals surface area contributed by atoms with Gasteiger partial charge in [-0.1, -0.05) is 17.7 Å². The minimum atomic E-state index is 0.567. The summed E-state index contributed by atoms with van der Waals surface area (Å²) in [4.78, 5) is 2.41. The van der Waals surface area contributed by atoms with Gasteiger partial charge >= 0.3 is 0 Å². The van der Waals surface area contributed by atoms with E-state index in [0.717, 1.165) is 48.1 Å². The maximum atomic E-state index is 6.15. The van der Waals surface area contributed by atoms with Crippen LogP contribution in [0.3, 0.4) is 0 Å². The quantitative estimate of drug-likeness (QED) is 0.738. The molecule has 1 saturated heterocycles. The molecule has 1 aliphatic heterocycles. The lowest BCUT2D eigenvalue weighted by Crippen LogP contribution is -2.34. The summed E-state index contributed by atoms with van der Waals surface area (Å²) >= 11 is 11.6. The van der Waals surface area contributed by atoms with E-state index in [4.69, 9.17) is 28.6 Å². The molecule has 0 spiro atoms. The highest BCUT2D eigenvalue weighted by Gasteiger charge is 2.22. The molecule has 0 bridgehead atoms. The van der Waals surface area contributed by atoms with Crippen LogP contribution in [0.15, 0.2) is 42.5 Å². The zero-order valence-corrected chi connectivity index (χ0v) is 16.7. The van der Waals surface area contributed by atoms with E-state index >= 15 is 0 Å². The molecule has 1 heterocycles. The number of methoxy groups -OCH3 is 1. The molecule has 2 aromatic carbocycles. The van der Waals surface area contributed by atoms with Crippen LogP contribution >= 0.6 is 23.8 Å². The third kappa shape index (κ3) is 4.59. The first kappa shape index (κ1) is 18.8. The average Bonchev–Trinajstić information content (AvgIpc) is 3.13. The number of halogens is 1. The molecular formula is C20H24ClN3OS. The fourth-order valence-electron chi connectivity index (χ4n) is 3.17. The van der Waals surface area contributed by atoms with E-state index in [0.29, 0.717) is 11.0 Å². The van der Waals surface area contributed by atoms with Gasteiger partial charge in [-0.15, -0.1) is 0 Å². The molecule has 0 saturated carbocycles. The molecule has 3 rings (SSSR count).